The summed E-state index contributed by atoms with van der Waals surface area (Å²) in [5.41, 5.74) is 0.837. The van der Waals surface area contributed by atoms with Gasteiger partial charge in [-0.2, -0.15) is 0 Å². The average molecular weight is 329 g/mol. The fourth-order valence-electron chi connectivity index (χ4n) is 2.33. The number of likely N-dealkylation sites (N-methyl/N-ethyl adjacent to an activating group) is 1. The zero-order valence-corrected chi connectivity index (χ0v) is 14.2. The van der Waals surface area contributed by atoms with Crippen molar-refractivity contribution in [2.24, 2.45) is 0 Å². The lowest BCUT2D eigenvalue weighted by molar-refractivity contribution is -0.139. The molecule has 0 saturated heterocycles. The van der Waals surface area contributed by atoms with E-state index in [1.54, 1.807) is 16.7 Å². The van der Waals surface area contributed by atoms with E-state index in [0.717, 1.165) is 12.1 Å². The highest BCUT2D eigenvalue weighted by Gasteiger charge is 2.26. The molecule has 1 atom stereocenters. The smallest absolute Gasteiger partial charge is 0.317 e. The lowest BCUT2D eigenvalue weighted by Gasteiger charge is -2.31. The van der Waals surface area contributed by atoms with E-state index < -0.39 is 12.0 Å². The van der Waals surface area contributed by atoms with Crippen LogP contribution in [0, 0.1) is 0 Å². The molecule has 1 N–H and O–H groups in total. The van der Waals surface area contributed by atoms with Gasteiger partial charge in [0.2, 0.25) is 5.91 Å². The van der Waals surface area contributed by atoms with Crippen molar-refractivity contribution in [1.82, 2.24) is 4.90 Å². The highest BCUT2D eigenvalue weighted by molar-refractivity contribution is 5.97. The van der Waals surface area contributed by atoms with Crippen molar-refractivity contribution in [2.75, 3.05) is 24.5 Å². The topological polar surface area (TPSA) is 60.9 Å². The number of halogens is 1. The summed E-state index contributed by atoms with van der Waals surface area (Å²) < 4.78 is 0. The zero-order valence-electron chi connectivity index (χ0n) is 13.4. The molecule has 124 valence electrons. The minimum Gasteiger partial charge on any atom is -0.480 e. The number of para-hydroxylation sites is 1. The van der Waals surface area contributed by atoms with Crippen LogP contribution in [-0.2, 0) is 9.59 Å². The summed E-state index contributed by atoms with van der Waals surface area (Å²) in [6, 6.07) is 8.99. The van der Waals surface area contributed by atoms with E-state index in [2.05, 4.69) is 0 Å². The molecule has 6 heteroatoms. The molecule has 0 aliphatic rings. The second kappa shape index (κ2) is 10.2. The Morgan fingerprint density at radius 1 is 1.18 bits per heavy atom. The van der Waals surface area contributed by atoms with Gasteiger partial charge in [0.15, 0.2) is 0 Å². The minimum atomic E-state index is -0.911. The van der Waals surface area contributed by atoms with E-state index >= 15 is 0 Å². The van der Waals surface area contributed by atoms with Gasteiger partial charge in [-0.3, -0.25) is 14.5 Å². The number of aliphatic carboxylic acids is 1. The number of hydrogen-bond donors (Lipinski definition) is 1. The summed E-state index contributed by atoms with van der Waals surface area (Å²) in [5, 5.41) is 8.99. The Morgan fingerprint density at radius 3 is 2.23 bits per heavy atom. The maximum absolute atomic E-state index is 12.7. The average Bonchev–Trinajstić information content (AvgIpc) is 2.47. The van der Waals surface area contributed by atoms with Crippen LogP contribution in [0.3, 0.4) is 0 Å². The predicted octanol–water partition coefficient (Wildman–Crippen LogP) is 2.65. The number of benzene rings is 1. The fraction of sp³-hybridized carbons (Fsp3) is 0.500. The van der Waals surface area contributed by atoms with Crippen LogP contribution in [0.15, 0.2) is 30.3 Å². The van der Waals surface area contributed by atoms with Crippen molar-refractivity contribution < 1.29 is 14.7 Å². The van der Waals surface area contributed by atoms with Crippen molar-refractivity contribution in [3.05, 3.63) is 30.3 Å². The Balaban J connectivity index is 0.00000441. The van der Waals surface area contributed by atoms with Crippen molar-refractivity contribution >= 4 is 30.0 Å². The summed E-state index contributed by atoms with van der Waals surface area (Å²) in [6.45, 7) is 6.69. The van der Waals surface area contributed by atoms with Crippen LogP contribution in [0.2, 0.25) is 0 Å². The Kier molecular flexibility index (Phi) is 9.45. The first-order valence-corrected chi connectivity index (χ1v) is 7.33. The molecule has 0 aromatic heterocycles. The summed E-state index contributed by atoms with van der Waals surface area (Å²) in [4.78, 5) is 27.0. The molecule has 0 heterocycles. The molecule has 0 radical (unpaired) electrons. The summed E-state index contributed by atoms with van der Waals surface area (Å²) >= 11 is 0. The van der Waals surface area contributed by atoms with Crippen molar-refractivity contribution in [1.29, 1.82) is 0 Å². The minimum absolute atomic E-state index is 0. The molecule has 0 saturated carbocycles. The number of carboxylic acids is 1. The van der Waals surface area contributed by atoms with Gasteiger partial charge in [-0.15, -0.1) is 12.4 Å². The van der Waals surface area contributed by atoms with Crippen LogP contribution in [0.25, 0.3) is 0 Å². The summed E-state index contributed by atoms with van der Waals surface area (Å²) in [6.07, 6.45) is 0.808. The number of carbonyl (C=O) groups is 2. The van der Waals surface area contributed by atoms with Gasteiger partial charge < -0.3 is 10.0 Å². The molecular weight excluding hydrogens is 304 g/mol. The molecule has 1 aromatic rings. The number of carboxylic acid groups (broad SMARTS) is 1. The third kappa shape index (κ3) is 5.66. The normalized spacial score (nSPS) is 11.6. The van der Waals surface area contributed by atoms with Crippen LogP contribution < -0.4 is 4.90 Å². The number of anilines is 1. The van der Waals surface area contributed by atoms with E-state index in [9.17, 15) is 9.59 Å². The molecule has 0 bridgehead atoms. The van der Waals surface area contributed by atoms with Crippen molar-refractivity contribution in [3.63, 3.8) is 0 Å². The third-order valence-electron chi connectivity index (χ3n) is 3.40. The van der Waals surface area contributed by atoms with Gasteiger partial charge in [0.05, 0.1) is 12.6 Å². The van der Waals surface area contributed by atoms with Gasteiger partial charge in [-0.1, -0.05) is 25.1 Å². The van der Waals surface area contributed by atoms with E-state index in [4.69, 9.17) is 5.11 Å². The number of amides is 1. The van der Waals surface area contributed by atoms with Gasteiger partial charge in [-0.05, 0) is 38.9 Å². The second-order valence-corrected chi connectivity index (χ2v) is 4.96. The first kappa shape index (κ1) is 20.4. The quantitative estimate of drug-likeness (QED) is 0.797. The number of hydrogen-bond acceptors (Lipinski definition) is 3. The second-order valence-electron chi connectivity index (χ2n) is 4.96. The maximum atomic E-state index is 12.7. The molecule has 5 nitrogen and oxygen atoms in total. The van der Waals surface area contributed by atoms with Crippen LogP contribution in [0.4, 0.5) is 5.69 Å². The number of carbonyl (C=O) groups excluding carboxylic acids is 1. The Bertz CT molecular complexity index is 468. The SMILES string of the molecule is CCCN(CC(=O)O)C(C)C(=O)N(CC)c1ccccc1.Cl. The molecule has 0 aliphatic heterocycles. The van der Waals surface area contributed by atoms with Crippen LogP contribution in [-0.4, -0.2) is 47.6 Å². The number of rotatable bonds is 8. The molecule has 1 aromatic carbocycles. The Labute approximate surface area is 138 Å². The first-order chi connectivity index (χ1) is 10.0. The van der Waals surface area contributed by atoms with Gasteiger partial charge in [0.25, 0.3) is 0 Å². The van der Waals surface area contributed by atoms with Gasteiger partial charge in [0, 0.05) is 12.2 Å². The van der Waals surface area contributed by atoms with Crippen LogP contribution in [0.5, 0.6) is 0 Å². The predicted molar refractivity (Wildman–Crippen MR) is 90.7 cm³/mol. The molecular formula is C16H25ClN2O3. The molecule has 22 heavy (non-hydrogen) atoms. The van der Waals surface area contributed by atoms with Crippen LogP contribution >= 0.6 is 12.4 Å². The third-order valence-corrected chi connectivity index (χ3v) is 3.40. The lowest BCUT2D eigenvalue weighted by atomic mass is 10.2. The van der Waals surface area contributed by atoms with E-state index in [-0.39, 0.29) is 24.9 Å². The standard InChI is InChI=1S/C16H24N2O3.ClH/c1-4-11-17(12-15(19)20)13(3)16(21)18(5-2)14-9-7-6-8-10-14;/h6-10,13H,4-5,11-12H2,1-3H3,(H,19,20);1H. The fourth-order valence-corrected chi connectivity index (χ4v) is 2.33. The van der Waals surface area contributed by atoms with Gasteiger partial charge in [0.1, 0.15) is 0 Å². The summed E-state index contributed by atoms with van der Waals surface area (Å²) in [7, 11) is 0. The molecule has 1 unspecified atom stereocenters. The Morgan fingerprint density at radius 2 is 1.77 bits per heavy atom. The van der Waals surface area contributed by atoms with E-state index in [0.29, 0.717) is 13.1 Å². The van der Waals surface area contributed by atoms with Gasteiger partial charge in [-0.25, -0.2) is 0 Å². The first-order valence-electron chi connectivity index (χ1n) is 7.33. The summed E-state index contributed by atoms with van der Waals surface area (Å²) in [5.74, 6) is -0.982. The molecule has 0 aliphatic carbocycles. The Hall–Kier alpha value is -1.59. The molecule has 0 fully saturated rings. The van der Waals surface area contributed by atoms with Crippen molar-refractivity contribution in [3.8, 4) is 0 Å². The highest BCUT2D eigenvalue weighted by atomic mass is 35.5. The molecule has 0 spiro atoms. The molecule has 1 amide bonds. The molecule has 1 rings (SSSR count). The number of nitrogens with zero attached hydrogens (tertiary/aromatic N) is 2. The highest BCUT2D eigenvalue weighted by Crippen LogP contribution is 2.16. The monoisotopic (exact) mass is 328 g/mol. The van der Waals surface area contributed by atoms with E-state index in [1.807, 2.05) is 44.2 Å². The largest absolute Gasteiger partial charge is 0.480 e. The van der Waals surface area contributed by atoms with Crippen LogP contribution in [0.1, 0.15) is 27.2 Å². The van der Waals surface area contributed by atoms with Gasteiger partial charge >= 0.3 is 5.97 Å². The zero-order chi connectivity index (χ0) is 15.8. The van der Waals surface area contributed by atoms with Crippen molar-refractivity contribution in [2.45, 2.75) is 33.2 Å². The van der Waals surface area contributed by atoms with E-state index in [1.165, 1.54) is 0 Å². The maximum Gasteiger partial charge on any atom is 0.317 e. The lowest BCUT2D eigenvalue weighted by Crippen LogP contribution is -2.49.